The molecule has 7 heteroatoms. The quantitative estimate of drug-likeness (QED) is 0.775. The summed E-state index contributed by atoms with van der Waals surface area (Å²) >= 11 is 0. The van der Waals surface area contributed by atoms with E-state index in [4.69, 9.17) is 9.47 Å². The van der Waals surface area contributed by atoms with Crippen LogP contribution in [-0.4, -0.2) is 32.6 Å². The zero-order chi connectivity index (χ0) is 15.5. The van der Waals surface area contributed by atoms with E-state index in [1.807, 2.05) is 0 Å². The number of carboxylic acids is 1. The molecular weight excluding hydrogens is 286 g/mol. The first-order valence-electron chi connectivity index (χ1n) is 6.50. The second kappa shape index (κ2) is 5.72. The lowest BCUT2D eigenvalue weighted by Crippen LogP contribution is -2.01. The van der Waals surface area contributed by atoms with E-state index in [1.165, 1.54) is 7.11 Å². The average Bonchev–Trinajstić information content (AvgIpc) is 2.93. The van der Waals surface area contributed by atoms with Gasteiger partial charge in [0.15, 0.2) is 11.5 Å². The molecule has 0 unspecified atom stereocenters. The van der Waals surface area contributed by atoms with E-state index in [0.717, 1.165) is 0 Å². The van der Waals surface area contributed by atoms with E-state index in [9.17, 15) is 9.90 Å². The van der Waals surface area contributed by atoms with Crippen LogP contribution >= 0.6 is 0 Å². The molecule has 0 aliphatic carbocycles. The van der Waals surface area contributed by atoms with Gasteiger partial charge in [-0.3, -0.25) is 9.38 Å². The molecule has 0 aromatic carbocycles. The minimum Gasteiger partial charge on any atom is -0.494 e. The van der Waals surface area contributed by atoms with E-state index in [2.05, 4.69) is 9.97 Å². The van der Waals surface area contributed by atoms with Crippen LogP contribution in [0.15, 0.2) is 42.9 Å². The molecule has 3 heterocycles. The highest BCUT2D eigenvalue weighted by Crippen LogP contribution is 2.25. The van der Waals surface area contributed by atoms with Gasteiger partial charge in [-0.1, -0.05) is 0 Å². The van der Waals surface area contributed by atoms with Crippen molar-refractivity contribution in [3.8, 4) is 11.5 Å². The highest BCUT2D eigenvalue weighted by Gasteiger charge is 2.20. The lowest BCUT2D eigenvalue weighted by atomic mass is 10.3. The molecule has 22 heavy (non-hydrogen) atoms. The van der Waals surface area contributed by atoms with Gasteiger partial charge in [0.25, 0.3) is 0 Å². The molecule has 1 N–H and O–H groups in total. The van der Waals surface area contributed by atoms with Gasteiger partial charge in [-0.05, 0) is 24.3 Å². The summed E-state index contributed by atoms with van der Waals surface area (Å²) in [5.41, 5.74) is 0.338. The summed E-state index contributed by atoms with van der Waals surface area (Å²) in [5, 5.41) is 9.32. The molecule has 0 radical (unpaired) electrons. The van der Waals surface area contributed by atoms with Crippen LogP contribution in [0, 0.1) is 0 Å². The van der Waals surface area contributed by atoms with Gasteiger partial charge in [-0.25, -0.2) is 9.78 Å². The van der Waals surface area contributed by atoms with Gasteiger partial charge < -0.3 is 14.6 Å². The number of nitrogens with zero attached hydrogens (tertiary/aromatic N) is 3. The fourth-order valence-corrected chi connectivity index (χ4v) is 2.17. The largest absolute Gasteiger partial charge is 0.494 e. The van der Waals surface area contributed by atoms with Crippen molar-refractivity contribution in [2.24, 2.45) is 0 Å². The number of carboxylic acid groups (broad SMARTS) is 1. The Morgan fingerprint density at radius 1 is 1.36 bits per heavy atom. The first-order valence-corrected chi connectivity index (χ1v) is 6.50. The first kappa shape index (κ1) is 13.9. The standard InChI is InChI=1S/C15H13N3O4/c1-21-11-5-3-7-18-12(17-13(14(11)18)15(19)20)9-22-10-4-2-6-16-8-10/h2-8H,9H2,1H3,(H,19,20). The number of fused-ring (bicyclic) bond motifs is 1. The fourth-order valence-electron chi connectivity index (χ4n) is 2.17. The highest BCUT2D eigenvalue weighted by atomic mass is 16.5. The monoisotopic (exact) mass is 299 g/mol. The molecule has 0 saturated heterocycles. The summed E-state index contributed by atoms with van der Waals surface area (Å²) in [4.78, 5) is 19.5. The van der Waals surface area contributed by atoms with Crippen LogP contribution in [0.2, 0.25) is 0 Å². The second-order valence-corrected chi connectivity index (χ2v) is 4.45. The number of aromatic nitrogens is 3. The van der Waals surface area contributed by atoms with Crippen LogP contribution in [0.1, 0.15) is 16.3 Å². The Morgan fingerprint density at radius 2 is 2.23 bits per heavy atom. The third-order valence-electron chi connectivity index (χ3n) is 3.13. The van der Waals surface area contributed by atoms with Crippen molar-refractivity contribution >= 4 is 11.5 Å². The summed E-state index contributed by atoms with van der Waals surface area (Å²) in [6.07, 6.45) is 4.94. The molecule has 3 aromatic rings. The molecule has 112 valence electrons. The van der Waals surface area contributed by atoms with Gasteiger partial charge in [0.1, 0.15) is 23.6 Å². The summed E-state index contributed by atoms with van der Waals surface area (Å²) in [7, 11) is 1.49. The Balaban J connectivity index is 2.01. The van der Waals surface area contributed by atoms with E-state index >= 15 is 0 Å². The zero-order valence-electron chi connectivity index (χ0n) is 11.8. The number of hydrogen-bond donors (Lipinski definition) is 1. The predicted octanol–water partition coefficient (Wildman–Crippen LogP) is 2.02. The molecule has 7 nitrogen and oxygen atoms in total. The Labute approximate surface area is 125 Å². The van der Waals surface area contributed by atoms with Gasteiger partial charge in [-0.2, -0.15) is 0 Å². The predicted molar refractivity (Wildman–Crippen MR) is 77.3 cm³/mol. The lowest BCUT2D eigenvalue weighted by Gasteiger charge is -2.06. The Bertz CT molecular complexity index is 814. The number of rotatable bonds is 5. The van der Waals surface area contributed by atoms with Crippen molar-refractivity contribution in [2.75, 3.05) is 7.11 Å². The topological polar surface area (TPSA) is 86.0 Å². The molecule has 0 saturated carbocycles. The van der Waals surface area contributed by atoms with E-state index in [-0.39, 0.29) is 12.3 Å². The molecule has 0 aliphatic heterocycles. The van der Waals surface area contributed by atoms with E-state index < -0.39 is 5.97 Å². The highest BCUT2D eigenvalue weighted by molar-refractivity contribution is 5.95. The van der Waals surface area contributed by atoms with Crippen molar-refractivity contribution in [3.63, 3.8) is 0 Å². The van der Waals surface area contributed by atoms with Gasteiger partial charge in [0.05, 0.1) is 13.3 Å². The maximum Gasteiger partial charge on any atom is 0.356 e. The number of ether oxygens (including phenoxy) is 2. The molecule has 3 rings (SSSR count). The molecule has 0 aliphatic rings. The van der Waals surface area contributed by atoms with Crippen LogP contribution in [0.4, 0.5) is 0 Å². The van der Waals surface area contributed by atoms with E-state index in [0.29, 0.717) is 22.8 Å². The SMILES string of the molecule is COc1cccn2c(COc3cccnc3)nc(C(=O)O)c12. The van der Waals surface area contributed by atoms with Crippen LogP contribution in [0.5, 0.6) is 11.5 Å². The molecule has 3 aromatic heterocycles. The molecule has 0 atom stereocenters. The summed E-state index contributed by atoms with van der Waals surface area (Å²) in [6, 6.07) is 6.97. The maximum absolute atomic E-state index is 11.4. The molecule has 0 spiro atoms. The molecule has 0 fully saturated rings. The number of methoxy groups -OCH3 is 1. The third-order valence-corrected chi connectivity index (χ3v) is 3.13. The maximum atomic E-state index is 11.4. The fraction of sp³-hybridized carbons (Fsp3) is 0.133. The van der Waals surface area contributed by atoms with Crippen molar-refractivity contribution in [1.29, 1.82) is 0 Å². The Kier molecular flexibility index (Phi) is 3.61. The van der Waals surface area contributed by atoms with Crippen LogP contribution in [0.3, 0.4) is 0 Å². The number of pyridine rings is 2. The zero-order valence-corrected chi connectivity index (χ0v) is 11.8. The van der Waals surface area contributed by atoms with Crippen LogP contribution in [0.25, 0.3) is 5.52 Å². The van der Waals surface area contributed by atoms with Gasteiger partial charge in [0, 0.05) is 12.4 Å². The third kappa shape index (κ3) is 2.44. The Morgan fingerprint density at radius 3 is 2.91 bits per heavy atom. The van der Waals surface area contributed by atoms with Crippen molar-refractivity contribution < 1.29 is 19.4 Å². The summed E-state index contributed by atoms with van der Waals surface area (Å²) in [6.45, 7) is 0.118. The minimum absolute atomic E-state index is 0.0674. The normalized spacial score (nSPS) is 10.6. The Hall–Kier alpha value is -3.09. The number of hydrogen-bond acceptors (Lipinski definition) is 5. The molecule has 0 bridgehead atoms. The van der Waals surface area contributed by atoms with Gasteiger partial charge >= 0.3 is 5.97 Å². The van der Waals surface area contributed by atoms with E-state index in [1.54, 1.807) is 47.3 Å². The summed E-state index contributed by atoms with van der Waals surface area (Å²) < 4.78 is 12.5. The molecular formula is C15H13N3O4. The smallest absolute Gasteiger partial charge is 0.356 e. The number of imidazole rings is 1. The molecule has 0 amide bonds. The second-order valence-electron chi connectivity index (χ2n) is 4.45. The van der Waals surface area contributed by atoms with Crippen molar-refractivity contribution in [1.82, 2.24) is 14.4 Å². The van der Waals surface area contributed by atoms with Crippen molar-refractivity contribution in [2.45, 2.75) is 6.61 Å². The average molecular weight is 299 g/mol. The number of aromatic carboxylic acids is 1. The lowest BCUT2D eigenvalue weighted by molar-refractivity contribution is 0.0692. The number of carbonyl (C=O) groups is 1. The van der Waals surface area contributed by atoms with Crippen LogP contribution in [-0.2, 0) is 6.61 Å². The minimum atomic E-state index is -1.12. The van der Waals surface area contributed by atoms with Crippen LogP contribution < -0.4 is 9.47 Å². The van der Waals surface area contributed by atoms with Gasteiger partial charge in [-0.15, -0.1) is 0 Å². The first-order chi connectivity index (χ1) is 10.7. The van der Waals surface area contributed by atoms with Gasteiger partial charge in [0.2, 0.25) is 0 Å². The summed E-state index contributed by atoms with van der Waals surface area (Å²) in [5.74, 6) is 0.379. The van der Waals surface area contributed by atoms with Crippen molar-refractivity contribution in [3.05, 3.63) is 54.4 Å².